The molecule has 0 saturated carbocycles. The van der Waals surface area contributed by atoms with Gasteiger partial charge in [0.1, 0.15) is 5.75 Å². The topological polar surface area (TPSA) is 57.6 Å². The van der Waals surface area contributed by atoms with Crippen LogP contribution in [0.5, 0.6) is 5.75 Å². The van der Waals surface area contributed by atoms with Gasteiger partial charge in [-0.1, -0.05) is 11.6 Å². The summed E-state index contributed by atoms with van der Waals surface area (Å²) in [4.78, 5) is 3.00. The Morgan fingerprint density at radius 3 is 2.95 bits per heavy atom. The molecule has 0 radical (unpaired) electrons. The van der Waals surface area contributed by atoms with E-state index in [-0.39, 0.29) is 5.76 Å². The summed E-state index contributed by atoms with van der Waals surface area (Å²) >= 11 is 0. The Bertz CT molecular complexity index is 628. The van der Waals surface area contributed by atoms with Crippen LogP contribution >= 0.6 is 0 Å². The minimum Gasteiger partial charge on any atom is -0.505 e. The van der Waals surface area contributed by atoms with Crippen molar-refractivity contribution in [2.24, 2.45) is 0 Å². The zero-order chi connectivity index (χ0) is 15.5. The molecule has 21 heavy (non-hydrogen) atoms. The van der Waals surface area contributed by atoms with Crippen LogP contribution in [0.15, 0.2) is 42.3 Å². The molecule has 0 fully saturated rings. The summed E-state index contributed by atoms with van der Waals surface area (Å²) in [6, 6.07) is 5.92. The Morgan fingerprint density at radius 1 is 1.57 bits per heavy atom. The number of nitrogens with zero attached hydrogens (tertiary/aromatic N) is 2. The molecule has 1 aromatic carbocycles. The summed E-state index contributed by atoms with van der Waals surface area (Å²) in [7, 11) is 1.65. The summed E-state index contributed by atoms with van der Waals surface area (Å²) in [6.07, 6.45) is 4.47. The highest BCUT2D eigenvalue weighted by atomic mass is 16.5. The quantitative estimate of drug-likeness (QED) is 0.504. The fourth-order valence-corrected chi connectivity index (χ4v) is 3.32. The molecule has 1 unspecified atom stereocenters. The smallest absolute Gasteiger partial charge is 0.388 e. The van der Waals surface area contributed by atoms with Gasteiger partial charge in [0.2, 0.25) is 5.39 Å². The predicted molar refractivity (Wildman–Crippen MR) is 82.8 cm³/mol. The number of hydrogen-bond donors (Lipinski definition) is 1. The van der Waals surface area contributed by atoms with Crippen molar-refractivity contribution in [3.8, 4) is 5.75 Å². The molecule has 1 N–H and O–H groups in total. The third-order valence-electron chi connectivity index (χ3n) is 4.15. The number of aliphatic hydroxyl groups excluding tert-OH is 1. The molecule has 0 amide bonds. The normalized spacial score (nSPS) is 21.3. The average molecular weight is 285 g/mol. The fourth-order valence-electron chi connectivity index (χ4n) is 3.32. The molecule has 0 spiro atoms. The molecular weight excluding hydrogens is 264 g/mol. The first-order chi connectivity index (χ1) is 10.0. The van der Waals surface area contributed by atoms with Gasteiger partial charge in [-0.05, 0) is 55.9 Å². The molecule has 1 aromatic rings. The first-order valence-electron chi connectivity index (χ1n) is 7.09. The highest BCUT2D eigenvalue weighted by molar-refractivity contribution is 5.47. The minimum atomic E-state index is -0.558. The molecule has 1 atom stereocenters. The van der Waals surface area contributed by atoms with Crippen molar-refractivity contribution in [1.29, 1.82) is 5.39 Å². The van der Waals surface area contributed by atoms with Crippen LogP contribution in [0.2, 0.25) is 0 Å². The van der Waals surface area contributed by atoms with E-state index in [0.29, 0.717) is 6.42 Å². The Morgan fingerprint density at radius 2 is 2.33 bits per heavy atom. The number of allylic oxidation sites excluding steroid dienone is 2. The Labute approximate surface area is 125 Å². The number of aryl methyl sites for hydroxylation is 1. The molecule has 0 saturated heterocycles. The number of hydrogen-bond acceptors (Lipinski definition) is 3. The van der Waals surface area contributed by atoms with Gasteiger partial charge in [-0.25, -0.2) is 0 Å². The lowest BCUT2D eigenvalue weighted by Crippen LogP contribution is -2.33. The van der Waals surface area contributed by atoms with E-state index in [1.54, 1.807) is 7.11 Å². The van der Waals surface area contributed by atoms with Gasteiger partial charge in [-0.3, -0.25) is 0 Å². The van der Waals surface area contributed by atoms with Crippen LogP contribution in [-0.2, 0) is 11.8 Å². The Kier molecular flexibility index (Phi) is 4.32. The molecule has 0 aromatic heterocycles. The highest BCUT2D eigenvalue weighted by Gasteiger charge is 2.42. The van der Waals surface area contributed by atoms with E-state index < -0.39 is 5.41 Å². The summed E-state index contributed by atoms with van der Waals surface area (Å²) in [6.45, 7) is 5.93. The molecule has 1 aliphatic rings. The molecule has 0 heterocycles. The van der Waals surface area contributed by atoms with Gasteiger partial charge in [0.05, 0.1) is 12.5 Å². The van der Waals surface area contributed by atoms with Crippen LogP contribution in [0.3, 0.4) is 0 Å². The third kappa shape index (κ3) is 2.78. The van der Waals surface area contributed by atoms with Gasteiger partial charge in [-0.15, -0.1) is 6.58 Å². The second-order valence-corrected chi connectivity index (χ2v) is 5.72. The fraction of sp³-hybridized carbons (Fsp3) is 0.412. The summed E-state index contributed by atoms with van der Waals surface area (Å²) in [5, 5.41) is 19.3. The van der Waals surface area contributed by atoms with E-state index in [1.807, 2.05) is 25.1 Å². The first kappa shape index (κ1) is 15.1. The molecule has 4 nitrogen and oxygen atoms in total. The number of aliphatic hydroxyl groups is 1. The third-order valence-corrected chi connectivity index (χ3v) is 4.15. The van der Waals surface area contributed by atoms with Gasteiger partial charge in [0, 0.05) is 0 Å². The van der Waals surface area contributed by atoms with E-state index in [9.17, 15) is 5.11 Å². The Balaban J connectivity index is 2.61. The van der Waals surface area contributed by atoms with Crippen molar-refractivity contribution >= 4 is 0 Å². The van der Waals surface area contributed by atoms with Crippen LogP contribution in [0.4, 0.5) is 0 Å². The van der Waals surface area contributed by atoms with Gasteiger partial charge in [0.25, 0.3) is 0 Å². The predicted octanol–water partition coefficient (Wildman–Crippen LogP) is 4.49. The van der Waals surface area contributed by atoms with E-state index in [1.165, 1.54) is 5.56 Å². The van der Waals surface area contributed by atoms with Crippen LogP contribution in [0.1, 0.15) is 37.3 Å². The zero-order valence-corrected chi connectivity index (χ0v) is 12.6. The van der Waals surface area contributed by atoms with E-state index in [4.69, 9.17) is 10.1 Å². The Hall–Kier alpha value is -2.28. The van der Waals surface area contributed by atoms with Gasteiger partial charge < -0.3 is 9.84 Å². The van der Waals surface area contributed by atoms with Crippen molar-refractivity contribution in [1.82, 2.24) is 0 Å². The van der Waals surface area contributed by atoms with E-state index >= 15 is 0 Å². The first-order valence-corrected chi connectivity index (χ1v) is 7.09. The van der Waals surface area contributed by atoms with Gasteiger partial charge in [0.15, 0.2) is 10.7 Å². The lowest BCUT2D eigenvalue weighted by atomic mass is 9.66. The SMILES string of the molecule is C=C(C)CC1(C(O)=C[N+]#N)CCCc2cc(OC)ccc21. The zero-order valence-electron chi connectivity index (χ0n) is 12.6. The van der Waals surface area contributed by atoms with Crippen molar-refractivity contribution in [3.05, 3.63) is 58.4 Å². The standard InChI is InChI=1S/C17H20N2O2/c1-12(2)10-17(16(20)11-19-18)8-4-5-13-9-14(21-3)6-7-15(13)17/h6-7,9,11H,1,4-5,8,10H2,2-3H3/p+1. The summed E-state index contributed by atoms with van der Waals surface area (Å²) < 4.78 is 5.28. The largest absolute Gasteiger partial charge is 0.505 e. The molecule has 0 bridgehead atoms. The van der Waals surface area contributed by atoms with Gasteiger partial charge >= 0.3 is 6.20 Å². The number of fused-ring (bicyclic) bond motifs is 1. The average Bonchev–Trinajstić information content (AvgIpc) is 2.46. The van der Waals surface area contributed by atoms with Crippen molar-refractivity contribution in [2.45, 2.75) is 38.0 Å². The van der Waals surface area contributed by atoms with Crippen LogP contribution in [0, 0.1) is 5.39 Å². The minimum absolute atomic E-state index is 0.0825. The molecule has 2 rings (SSSR count). The molecule has 110 valence electrons. The second-order valence-electron chi connectivity index (χ2n) is 5.72. The molecule has 1 aliphatic carbocycles. The lowest BCUT2D eigenvalue weighted by molar-refractivity contribution is 0.263. The molecular formula is C17H21N2O2+. The second kappa shape index (κ2) is 6.01. The van der Waals surface area contributed by atoms with Crippen LogP contribution in [0.25, 0.3) is 4.98 Å². The molecule has 4 heteroatoms. The molecule has 0 aliphatic heterocycles. The van der Waals surface area contributed by atoms with Crippen molar-refractivity contribution in [2.75, 3.05) is 7.11 Å². The highest BCUT2D eigenvalue weighted by Crippen LogP contribution is 2.46. The monoisotopic (exact) mass is 285 g/mol. The maximum absolute atomic E-state index is 10.5. The summed E-state index contributed by atoms with van der Waals surface area (Å²) in [5.41, 5.74) is 2.66. The lowest BCUT2D eigenvalue weighted by Gasteiger charge is -2.37. The number of ether oxygens (including phenoxy) is 1. The number of rotatable bonds is 4. The number of diazo groups is 1. The van der Waals surface area contributed by atoms with E-state index in [2.05, 4.69) is 11.6 Å². The van der Waals surface area contributed by atoms with Crippen LogP contribution in [-0.4, -0.2) is 12.2 Å². The maximum Gasteiger partial charge on any atom is 0.388 e. The summed E-state index contributed by atoms with van der Waals surface area (Å²) in [5.74, 6) is 0.898. The maximum atomic E-state index is 10.5. The number of benzene rings is 1. The van der Waals surface area contributed by atoms with Crippen LogP contribution < -0.4 is 4.74 Å². The van der Waals surface area contributed by atoms with Crippen molar-refractivity contribution in [3.63, 3.8) is 0 Å². The van der Waals surface area contributed by atoms with E-state index in [0.717, 1.165) is 42.3 Å². The van der Waals surface area contributed by atoms with Crippen molar-refractivity contribution < 1.29 is 9.84 Å². The van der Waals surface area contributed by atoms with Gasteiger partial charge in [-0.2, -0.15) is 0 Å². The number of methoxy groups -OCH3 is 1.